The van der Waals surface area contributed by atoms with Gasteiger partial charge >= 0.3 is 0 Å². The lowest BCUT2D eigenvalue weighted by Crippen LogP contribution is -2.22. The van der Waals surface area contributed by atoms with Gasteiger partial charge in [-0.05, 0) is 111 Å². The summed E-state index contributed by atoms with van der Waals surface area (Å²) in [5, 5.41) is 4.80. The van der Waals surface area contributed by atoms with Crippen LogP contribution in [0.5, 0.6) is 11.5 Å². The summed E-state index contributed by atoms with van der Waals surface area (Å²) in [6.45, 7) is 32.2. The number of hydrogen-bond donors (Lipinski definition) is 2. The van der Waals surface area contributed by atoms with E-state index in [1.807, 2.05) is 28.7 Å². The van der Waals surface area contributed by atoms with Gasteiger partial charge in [0.2, 0.25) is 0 Å². The van der Waals surface area contributed by atoms with Crippen molar-refractivity contribution in [1.82, 2.24) is 14.1 Å². The Morgan fingerprint density at radius 1 is 0.870 bits per heavy atom. The zero-order valence-corrected chi connectivity index (χ0v) is 31.5. The van der Waals surface area contributed by atoms with E-state index < -0.39 is 8.22 Å². The number of benzene rings is 2. The third-order valence-corrected chi connectivity index (χ3v) is 10.6. The molecule has 0 saturated heterocycles. The maximum atomic E-state index is 6.76. The molecule has 1 aromatic heterocycles. The summed E-state index contributed by atoms with van der Waals surface area (Å²) in [5.74, 6) is 1.93. The van der Waals surface area contributed by atoms with E-state index in [2.05, 4.69) is 140 Å². The van der Waals surface area contributed by atoms with Crippen LogP contribution in [-0.2, 0) is 10.8 Å². The normalized spacial score (nSPS) is 13.0. The summed E-state index contributed by atoms with van der Waals surface area (Å²) in [5.41, 5.74) is 8.81. The lowest BCUT2D eigenvalue weighted by Gasteiger charge is -2.31. The van der Waals surface area contributed by atoms with Gasteiger partial charge in [-0.1, -0.05) is 97.8 Å². The smallest absolute Gasteiger partial charge is 0.152 e. The van der Waals surface area contributed by atoms with Crippen molar-refractivity contribution in [2.24, 2.45) is 5.73 Å². The van der Waals surface area contributed by atoms with Crippen molar-refractivity contribution in [2.75, 3.05) is 6.66 Å². The highest BCUT2D eigenvalue weighted by Gasteiger charge is 2.31. The molecule has 246 valence electrons. The Balaban J connectivity index is 0.000000522. The van der Waals surface area contributed by atoms with Gasteiger partial charge in [0.1, 0.15) is 14.0 Å². The van der Waals surface area contributed by atoms with Gasteiger partial charge in [0.05, 0.1) is 15.1 Å². The first-order valence-corrected chi connectivity index (χ1v) is 18.7. The van der Waals surface area contributed by atoms with Gasteiger partial charge in [0.15, 0.2) is 5.75 Å². The highest BCUT2D eigenvalue weighted by Crippen LogP contribution is 2.52. The van der Waals surface area contributed by atoms with Crippen molar-refractivity contribution in [1.29, 1.82) is 0 Å². The van der Waals surface area contributed by atoms with Crippen LogP contribution >= 0.6 is 28.7 Å². The quantitative estimate of drug-likeness (QED) is 0.137. The van der Waals surface area contributed by atoms with Crippen LogP contribution in [0.4, 0.5) is 0 Å². The first-order chi connectivity index (χ1) is 21.7. The lowest BCUT2D eigenvalue weighted by molar-refractivity contribution is 0.451. The van der Waals surface area contributed by atoms with E-state index in [1.54, 1.807) is 30.6 Å². The molecule has 0 aliphatic carbocycles. The van der Waals surface area contributed by atoms with Crippen LogP contribution in [-0.4, -0.2) is 15.7 Å². The zero-order valence-electron chi connectivity index (χ0n) is 28.8. The fraction of sp³-hybridized carbons (Fsp3) is 0.263. The molecule has 2 heterocycles. The molecule has 2 atom stereocenters. The molecule has 46 heavy (non-hydrogen) atoms. The largest absolute Gasteiger partial charge is 0.454 e. The summed E-state index contributed by atoms with van der Waals surface area (Å²) in [6, 6.07) is 13.3. The average Bonchev–Trinajstić information content (AvgIpc) is 3.54. The van der Waals surface area contributed by atoms with Crippen LogP contribution in [0.15, 0.2) is 134 Å². The second kappa shape index (κ2) is 18.0. The molecule has 8 heteroatoms. The van der Waals surface area contributed by atoms with E-state index in [-0.39, 0.29) is 10.8 Å². The van der Waals surface area contributed by atoms with Crippen LogP contribution in [0, 0.1) is 6.92 Å². The molecule has 0 spiro atoms. The van der Waals surface area contributed by atoms with Gasteiger partial charge in [-0.3, -0.25) is 0 Å². The van der Waals surface area contributed by atoms with Crippen molar-refractivity contribution in [2.45, 2.75) is 69.1 Å². The lowest BCUT2D eigenvalue weighted by atomic mass is 9.86. The number of aromatic nitrogens is 1. The first-order valence-electron chi connectivity index (χ1n) is 15.1. The topological polar surface area (TPSA) is 55.5 Å². The molecular formula is C38H52N4OP2S. The maximum absolute atomic E-state index is 6.76. The van der Waals surface area contributed by atoms with Crippen LogP contribution in [0.2, 0.25) is 0 Å². The molecule has 1 aliphatic rings. The molecule has 2 aromatic carbocycles. The zero-order chi connectivity index (χ0) is 34.5. The van der Waals surface area contributed by atoms with Crippen molar-refractivity contribution in [3.05, 3.63) is 141 Å². The molecular weight excluding hydrogens is 622 g/mol. The number of aryl methyl sites for hydroxylation is 1. The molecule has 2 unspecified atom stereocenters. The number of fused-ring (bicyclic) bond motifs is 2. The van der Waals surface area contributed by atoms with Crippen LogP contribution in [0.3, 0.4) is 0 Å². The van der Waals surface area contributed by atoms with E-state index in [0.29, 0.717) is 0 Å². The highest BCUT2D eigenvalue weighted by molar-refractivity contribution is 7.99. The summed E-state index contributed by atoms with van der Waals surface area (Å²) in [7, 11) is -0.187. The predicted molar refractivity (Wildman–Crippen MR) is 208 cm³/mol. The molecule has 1 aliphatic heterocycles. The third-order valence-electron chi connectivity index (χ3n) is 6.81. The van der Waals surface area contributed by atoms with E-state index in [1.165, 1.54) is 38.0 Å². The summed E-state index contributed by atoms with van der Waals surface area (Å²) in [6.07, 6.45) is 18.2. The first kappa shape index (κ1) is 38.8. The molecule has 0 saturated carbocycles. The molecule has 0 bridgehead atoms. The third kappa shape index (κ3) is 10.8. The second-order valence-corrected chi connectivity index (χ2v) is 16.2. The van der Waals surface area contributed by atoms with Crippen molar-refractivity contribution < 1.29 is 4.74 Å². The number of hydrogen-bond acceptors (Lipinski definition) is 5. The molecule has 4 rings (SSSR count). The SMILES string of the molecule is C=C/C=C\N.C=C/C=C\NP(c1cc(C(C)(C)C)cc2c1Oc1c(C)cc(C(C)(C)C)cc1S2)n1cccc1.C=CN(C=C)PC. The number of ether oxygens (including phenoxy) is 1. The molecule has 0 amide bonds. The number of nitrogens with two attached hydrogens (primary N) is 1. The summed E-state index contributed by atoms with van der Waals surface area (Å²) >= 11 is 1.83. The Kier molecular flexibility index (Phi) is 15.2. The minimum Gasteiger partial charge on any atom is -0.454 e. The molecule has 5 nitrogen and oxygen atoms in total. The van der Waals surface area contributed by atoms with Crippen LogP contribution in [0.25, 0.3) is 0 Å². The Morgan fingerprint density at radius 3 is 1.85 bits per heavy atom. The number of allylic oxidation sites excluding steroid dienone is 4. The van der Waals surface area contributed by atoms with Crippen molar-refractivity contribution in [3.63, 3.8) is 0 Å². The van der Waals surface area contributed by atoms with E-state index in [9.17, 15) is 0 Å². The van der Waals surface area contributed by atoms with Crippen LogP contribution < -0.4 is 20.9 Å². The number of rotatable bonds is 9. The fourth-order valence-corrected chi connectivity index (χ4v) is 7.57. The molecule has 3 aromatic rings. The Labute approximate surface area is 285 Å². The standard InChI is InChI=1S/C29H35N2OPS.C5H10NP.C4H7N/c1-9-10-13-30-33(31-14-11-12-15-31)23-17-22(29(6,7)8)19-25-27(23)32-26-20(2)16-21(28(3,4)5)18-24(26)34-25;1-4-6(5-2)7-3;1-2-3-4-5/h9-19,30H,1H2,2-8H3;4-5,7H,1-2H2,3H3;2-4H,1,5H2/b13-10-;;4-3-. The monoisotopic (exact) mass is 674 g/mol. The van der Waals surface area contributed by atoms with Gasteiger partial charge < -0.3 is 24.6 Å². The van der Waals surface area contributed by atoms with Gasteiger partial charge in [0, 0.05) is 18.6 Å². The maximum Gasteiger partial charge on any atom is 0.152 e. The molecule has 0 radical (unpaired) electrons. The minimum absolute atomic E-state index is 0.0163. The Bertz CT molecular complexity index is 1520. The van der Waals surface area contributed by atoms with E-state index in [0.717, 1.165) is 20.2 Å². The highest BCUT2D eigenvalue weighted by atomic mass is 32.2. The van der Waals surface area contributed by atoms with Gasteiger partial charge in [-0.25, -0.2) is 0 Å². The van der Waals surface area contributed by atoms with Gasteiger partial charge in [0.25, 0.3) is 0 Å². The summed E-state index contributed by atoms with van der Waals surface area (Å²) in [4.78, 5) is 2.37. The number of nitrogens with zero attached hydrogens (tertiary/aromatic N) is 2. The van der Waals surface area contributed by atoms with Crippen molar-refractivity contribution >= 4 is 34.0 Å². The minimum atomic E-state index is -0.933. The fourth-order valence-electron chi connectivity index (χ4n) is 4.19. The second-order valence-electron chi connectivity index (χ2n) is 12.4. The average molecular weight is 675 g/mol. The van der Waals surface area contributed by atoms with Gasteiger partial charge in [-0.2, -0.15) is 0 Å². The summed E-state index contributed by atoms with van der Waals surface area (Å²) < 4.78 is 10.9. The van der Waals surface area contributed by atoms with E-state index in [4.69, 9.17) is 10.5 Å². The van der Waals surface area contributed by atoms with Gasteiger partial charge in [-0.15, -0.1) is 0 Å². The Hall–Kier alpha value is -3.43. The molecule has 0 fully saturated rings. The molecule has 3 N–H and O–H groups in total. The van der Waals surface area contributed by atoms with Crippen molar-refractivity contribution in [3.8, 4) is 11.5 Å². The van der Waals surface area contributed by atoms with Crippen LogP contribution in [0.1, 0.15) is 58.2 Å². The Morgan fingerprint density at radius 2 is 1.41 bits per heavy atom. The number of nitrogens with one attached hydrogen (secondary N) is 1. The predicted octanol–water partition coefficient (Wildman–Crippen LogP) is 10.9. The van der Waals surface area contributed by atoms with E-state index >= 15 is 0 Å².